The quantitative estimate of drug-likeness (QED) is 0.776. The lowest BCUT2D eigenvalue weighted by molar-refractivity contribution is 0.479. The van der Waals surface area contributed by atoms with Crippen LogP contribution in [0, 0.1) is 0 Å². The Morgan fingerprint density at radius 2 is 2.29 bits per heavy atom. The van der Waals surface area contributed by atoms with Crippen LogP contribution in [0.1, 0.15) is 12.8 Å². The van der Waals surface area contributed by atoms with Gasteiger partial charge in [-0.2, -0.15) is 0 Å². The maximum Gasteiger partial charge on any atom is 0.171 e. The van der Waals surface area contributed by atoms with Crippen molar-refractivity contribution in [3.63, 3.8) is 0 Å². The molecule has 4 nitrogen and oxygen atoms in total. The molecule has 0 spiro atoms. The van der Waals surface area contributed by atoms with Crippen molar-refractivity contribution in [2.24, 2.45) is 0 Å². The summed E-state index contributed by atoms with van der Waals surface area (Å²) in [6.07, 6.45) is 5.58. The van der Waals surface area contributed by atoms with E-state index < -0.39 is 0 Å². The molecule has 2 heterocycles. The van der Waals surface area contributed by atoms with Gasteiger partial charge < -0.3 is 10.6 Å². The molecule has 0 amide bonds. The van der Waals surface area contributed by atoms with Crippen molar-refractivity contribution in [1.29, 1.82) is 0 Å². The molecule has 1 fully saturated rings. The molecule has 0 aromatic carbocycles. The molecule has 0 radical (unpaired) electrons. The number of hydrogen-bond acceptors (Lipinski definition) is 4. The SMILES string of the molecule is Clc1nccnc1NC1CCCNC1. The molecular weight excluding hydrogens is 200 g/mol. The molecular formula is C9H13ClN4. The van der Waals surface area contributed by atoms with Crippen molar-refractivity contribution in [1.82, 2.24) is 15.3 Å². The maximum absolute atomic E-state index is 5.89. The van der Waals surface area contributed by atoms with Gasteiger partial charge in [-0.05, 0) is 19.4 Å². The van der Waals surface area contributed by atoms with E-state index in [4.69, 9.17) is 11.6 Å². The monoisotopic (exact) mass is 212 g/mol. The number of halogens is 1. The molecule has 14 heavy (non-hydrogen) atoms. The van der Waals surface area contributed by atoms with Crippen molar-refractivity contribution in [2.75, 3.05) is 18.4 Å². The molecule has 0 aliphatic carbocycles. The zero-order chi connectivity index (χ0) is 9.80. The molecule has 1 aliphatic heterocycles. The molecule has 1 aromatic heterocycles. The minimum atomic E-state index is 0.415. The van der Waals surface area contributed by atoms with Gasteiger partial charge in [0.25, 0.3) is 0 Å². The zero-order valence-electron chi connectivity index (χ0n) is 7.83. The molecule has 1 saturated heterocycles. The van der Waals surface area contributed by atoms with Crippen LogP contribution in [-0.2, 0) is 0 Å². The highest BCUT2D eigenvalue weighted by molar-refractivity contribution is 6.31. The Bertz CT molecular complexity index is 299. The molecule has 5 heteroatoms. The van der Waals surface area contributed by atoms with E-state index in [2.05, 4.69) is 20.6 Å². The third-order valence-electron chi connectivity index (χ3n) is 2.29. The van der Waals surface area contributed by atoms with Crippen LogP contribution in [0.5, 0.6) is 0 Å². The summed E-state index contributed by atoms with van der Waals surface area (Å²) < 4.78 is 0. The molecule has 1 atom stereocenters. The van der Waals surface area contributed by atoms with Crippen LogP contribution in [0.3, 0.4) is 0 Å². The van der Waals surface area contributed by atoms with E-state index in [9.17, 15) is 0 Å². The molecule has 76 valence electrons. The van der Waals surface area contributed by atoms with E-state index in [-0.39, 0.29) is 0 Å². The second-order valence-electron chi connectivity index (χ2n) is 3.38. The number of aromatic nitrogens is 2. The van der Waals surface area contributed by atoms with Gasteiger partial charge in [-0.15, -0.1) is 0 Å². The van der Waals surface area contributed by atoms with Gasteiger partial charge in [0.15, 0.2) is 11.0 Å². The number of nitrogens with zero attached hydrogens (tertiary/aromatic N) is 2. The highest BCUT2D eigenvalue weighted by Crippen LogP contribution is 2.17. The standard InChI is InChI=1S/C9H13ClN4/c10-8-9(13-5-4-12-8)14-7-2-1-3-11-6-7/h4-5,7,11H,1-3,6H2,(H,13,14). The van der Waals surface area contributed by atoms with Gasteiger partial charge >= 0.3 is 0 Å². The van der Waals surface area contributed by atoms with Gasteiger partial charge in [-0.25, -0.2) is 9.97 Å². The molecule has 2 N–H and O–H groups in total. The van der Waals surface area contributed by atoms with Crippen molar-refractivity contribution in [3.8, 4) is 0 Å². The summed E-state index contributed by atoms with van der Waals surface area (Å²) in [5.41, 5.74) is 0. The third kappa shape index (κ3) is 2.33. The lowest BCUT2D eigenvalue weighted by Gasteiger charge is -2.24. The van der Waals surface area contributed by atoms with Gasteiger partial charge in [0.1, 0.15) is 0 Å². The van der Waals surface area contributed by atoms with E-state index in [0.29, 0.717) is 17.0 Å². The summed E-state index contributed by atoms with van der Waals surface area (Å²) >= 11 is 5.89. The Kier molecular flexibility index (Phi) is 3.16. The van der Waals surface area contributed by atoms with E-state index >= 15 is 0 Å². The highest BCUT2D eigenvalue weighted by atomic mass is 35.5. The first-order chi connectivity index (χ1) is 6.86. The molecule has 1 unspecified atom stereocenters. The number of anilines is 1. The topological polar surface area (TPSA) is 49.8 Å². The Morgan fingerprint density at radius 1 is 1.43 bits per heavy atom. The number of hydrogen-bond donors (Lipinski definition) is 2. The average molecular weight is 213 g/mol. The molecule has 1 aliphatic rings. The molecule has 1 aromatic rings. The first-order valence-electron chi connectivity index (χ1n) is 4.80. The average Bonchev–Trinajstić information content (AvgIpc) is 2.23. The summed E-state index contributed by atoms with van der Waals surface area (Å²) in [7, 11) is 0. The van der Waals surface area contributed by atoms with Gasteiger partial charge in [0, 0.05) is 25.0 Å². The largest absolute Gasteiger partial charge is 0.364 e. The van der Waals surface area contributed by atoms with E-state index in [1.165, 1.54) is 6.42 Å². The zero-order valence-corrected chi connectivity index (χ0v) is 8.59. The van der Waals surface area contributed by atoms with E-state index in [0.717, 1.165) is 19.5 Å². The normalized spacial score (nSPS) is 21.9. The van der Waals surface area contributed by atoms with Crippen LogP contribution < -0.4 is 10.6 Å². The maximum atomic E-state index is 5.89. The summed E-state index contributed by atoms with van der Waals surface area (Å²) in [4.78, 5) is 8.10. The number of rotatable bonds is 2. The van der Waals surface area contributed by atoms with Gasteiger partial charge in [-0.3, -0.25) is 0 Å². The van der Waals surface area contributed by atoms with Gasteiger partial charge in [0.05, 0.1) is 0 Å². The van der Waals surface area contributed by atoms with Crippen LogP contribution in [0.15, 0.2) is 12.4 Å². The third-order valence-corrected chi connectivity index (χ3v) is 2.57. The van der Waals surface area contributed by atoms with Crippen molar-refractivity contribution in [3.05, 3.63) is 17.5 Å². The second kappa shape index (κ2) is 4.57. The Hall–Kier alpha value is -0.870. The first-order valence-corrected chi connectivity index (χ1v) is 5.18. The fraction of sp³-hybridized carbons (Fsp3) is 0.556. The van der Waals surface area contributed by atoms with E-state index in [1.54, 1.807) is 12.4 Å². The second-order valence-corrected chi connectivity index (χ2v) is 3.74. The van der Waals surface area contributed by atoms with Crippen LogP contribution >= 0.6 is 11.6 Å². The molecule has 0 saturated carbocycles. The Balaban J connectivity index is 1.99. The Labute approximate surface area is 88.1 Å². The fourth-order valence-corrected chi connectivity index (χ4v) is 1.75. The predicted octanol–water partition coefficient (Wildman–Crippen LogP) is 1.29. The van der Waals surface area contributed by atoms with Crippen molar-refractivity contribution in [2.45, 2.75) is 18.9 Å². The fourth-order valence-electron chi connectivity index (χ4n) is 1.59. The highest BCUT2D eigenvalue weighted by Gasteiger charge is 2.14. The first kappa shape index (κ1) is 9.68. The van der Waals surface area contributed by atoms with E-state index in [1.807, 2.05) is 0 Å². The smallest absolute Gasteiger partial charge is 0.171 e. The van der Waals surface area contributed by atoms with Crippen LogP contribution in [-0.4, -0.2) is 29.1 Å². The minimum absolute atomic E-state index is 0.415. The summed E-state index contributed by atoms with van der Waals surface area (Å²) in [5, 5.41) is 7.04. The van der Waals surface area contributed by atoms with Crippen LogP contribution in [0.25, 0.3) is 0 Å². The van der Waals surface area contributed by atoms with Crippen LogP contribution in [0.4, 0.5) is 5.82 Å². The summed E-state index contributed by atoms with van der Waals surface area (Å²) in [6.45, 7) is 2.07. The number of piperidine rings is 1. The van der Waals surface area contributed by atoms with Gasteiger partial charge in [0.2, 0.25) is 0 Å². The van der Waals surface area contributed by atoms with Crippen molar-refractivity contribution < 1.29 is 0 Å². The van der Waals surface area contributed by atoms with Gasteiger partial charge in [-0.1, -0.05) is 11.6 Å². The Morgan fingerprint density at radius 3 is 3.00 bits per heavy atom. The van der Waals surface area contributed by atoms with Crippen LogP contribution in [0.2, 0.25) is 5.15 Å². The minimum Gasteiger partial charge on any atom is -0.364 e. The summed E-state index contributed by atoms with van der Waals surface area (Å²) in [6, 6.07) is 0.415. The predicted molar refractivity (Wildman–Crippen MR) is 56.6 cm³/mol. The number of nitrogens with one attached hydrogen (secondary N) is 2. The lowest BCUT2D eigenvalue weighted by Crippen LogP contribution is -2.38. The van der Waals surface area contributed by atoms with Crippen molar-refractivity contribution >= 4 is 17.4 Å². The molecule has 0 bridgehead atoms. The summed E-state index contributed by atoms with van der Waals surface area (Å²) in [5.74, 6) is 0.683. The lowest BCUT2D eigenvalue weighted by atomic mass is 10.1. The molecule has 2 rings (SSSR count).